The van der Waals surface area contributed by atoms with Crippen LogP contribution in [-0.2, 0) is 14.3 Å². The van der Waals surface area contributed by atoms with E-state index in [9.17, 15) is 14.4 Å². The van der Waals surface area contributed by atoms with Gasteiger partial charge in [0.25, 0.3) is 5.91 Å². The molecule has 2 fully saturated rings. The van der Waals surface area contributed by atoms with Crippen molar-refractivity contribution < 1.29 is 23.9 Å². The number of Topliss-reactive ketones (excluding diaryl/α,β-unsaturated/α-hetero) is 1. The summed E-state index contributed by atoms with van der Waals surface area (Å²) in [6.45, 7) is 7.00. The highest BCUT2D eigenvalue weighted by Gasteiger charge is 2.27. The van der Waals surface area contributed by atoms with Crippen molar-refractivity contribution in [3.05, 3.63) is 22.7 Å². The summed E-state index contributed by atoms with van der Waals surface area (Å²) >= 11 is 6.10. The van der Waals surface area contributed by atoms with Gasteiger partial charge >= 0.3 is 5.97 Å². The van der Waals surface area contributed by atoms with Gasteiger partial charge < -0.3 is 25.4 Å². The smallest absolute Gasteiger partial charge is 0.313 e. The summed E-state index contributed by atoms with van der Waals surface area (Å²) < 4.78 is 10.1. The number of ketones is 1. The van der Waals surface area contributed by atoms with Crippen molar-refractivity contribution in [2.45, 2.75) is 45.1 Å². The average molecular weight is 509 g/mol. The molecular formula is C25H37ClN4O5. The van der Waals surface area contributed by atoms with Crippen LogP contribution in [0.25, 0.3) is 0 Å². The van der Waals surface area contributed by atoms with Crippen molar-refractivity contribution in [3.8, 4) is 5.75 Å². The molecule has 0 atom stereocenters. The quantitative estimate of drug-likeness (QED) is 0.281. The fraction of sp³-hybridized carbons (Fsp3) is 0.640. The van der Waals surface area contributed by atoms with Crippen LogP contribution < -0.4 is 15.8 Å². The maximum absolute atomic E-state index is 12.8. The van der Waals surface area contributed by atoms with Crippen LogP contribution in [0.4, 0.5) is 5.69 Å². The molecule has 3 rings (SSSR count). The minimum Gasteiger partial charge on any atom is -0.496 e. The van der Waals surface area contributed by atoms with Crippen LogP contribution >= 0.6 is 11.6 Å². The number of hydrogen-bond donors (Lipinski definition) is 2. The zero-order valence-electron chi connectivity index (χ0n) is 20.7. The van der Waals surface area contributed by atoms with E-state index in [1.165, 1.54) is 7.11 Å². The van der Waals surface area contributed by atoms with E-state index in [0.29, 0.717) is 41.1 Å². The molecule has 2 heterocycles. The lowest BCUT2D eigenvalue weighted by Crippen LogP contribution is -2.47. The van der Waals surface area contributed by atoms with Crippen molar-refractivity contribution in [2.24, 2.45) is 5.92 Å². The van der Waals surface area contributed by atoms with Gasteiger partial charge in [-0.1, -0.05) is 11.6 Å². The summed E-state index contributed by atoms with van der Waals surface area (Å²) in [5, 5.41) is 3.44. The SMILES string of the molecule is CCOC(=O)CC(=O)CN1CCC(CN2CCC(NC(=O)c3cc(Cl)c(N)cc3OC)CC2)CC1. The number of methoxy groups -OCH3 is 1. The fourth-order valence-electron chi connectivity index (χ4n) is 4.81. The number of anilines is 1. The third-order valence-electron chi connectivity index (χ3n) is 6.76. The second kappa shape index (κ2) is 13.1. The van der Waals surface area contributed by atoms with Gasteiger partial charge in [0.1, 0.15) is 12.2 Å². The number of piperidine rings is 2. The molecule has 1 aromatic rings. The third-order valence-corrected chi connectivity index (χ3v) is 7.08. The van der Waals surface area contributed by atoms with Crippen LogP contribution in [0.2, 0.25) is 5.02 Å². The number of carbonyl (C=O) groups excluding carboxylic acids is 3. The number of ether oxygens (including phenoxy) is 2. The van der Waals surface area contributed by atoms with E-state index in [1.807, 2.05) is 0 Å². The molecular weight excluding hydrogens is 472 g/mol. The highest BCUT2D eigenvalue weighted by molar-refractivity contribution is 6.33. The number of amides is 1. The molecule has 2 saturated heterocycles. The van der Waals surface area contributed by atoms with Crippen molar-refractivity contribution in [1.82, 2.24) is 15.1 Å². The molecule has 9 nitrogen and oxygen atoms in total. The first-order valence-electron chi connectivity index (χ1n) is 12.3. The predicted molar refractivity (Wildman–Crippen MR) is 135 cm³/mol. The first-order valence-corrected chi connectivity index (χ1v) is 12.7. The number of halogens is 1. The van der Waals surface area contributed by atoms with Gasteiger partial charge in [0.15, 0.2) is 5.78 Å². The Kier molecular flexibility index (Phi) is 10.2. The molecule has 194 valence electrons. The Morgan fingerprint density at radius 2 is 1.74 bits per heavy atom. The number of carbonyl (C=O) groups is 3. The highest BCUT2D eigenvalue weighted by Crippen LogP contribution is 2.29. The maximum Gasteiger partial charge on any atom is 0.313 e. The van der Waals surface area contributed by atoms with Crippen molar-refractivity contribution in [1.29, 1.82) is 0 Å². The molecule has 1 aromatic carbocycles. The minimum atomic E-state index is -0.441. The zero-order chi connectivity index (χ0) is 25.4. The van der Waals surface area contributed by atoms with Gasteiger partial charge in [0, 0.05) is 31.7 Å². The Balaban J connectivity index is 1.37. The minimum absolute atomic E-state index is 0.0788. The van der Waals surface area contributed by atoms with Crippen LogP contribution in [0.1, 0.15) is 49.4 Å². The van der Waals surface area contributed by atoms with Crippen LogP contribution in [-0.4, -0.2) is 86.5 Å². The van der Waals surface area contributed by atoms with E-state index in [4.69, 9.17) is 26.8 Å². The maximum atomic E-state index is 12.8. The van der Waals surface area contributed by atoms with Crippen LogP contribution in [0, 0.1) is 5.92 Å². The van der Waals surface area contributed by atoms with Crippen LogP contribution in [0.15, 0.2) is 12.1 Å². The van der Waals surface area contributed by atoms with E-state index in [-0.39, 0.29) is 24.2 Å². The summed E-state index contributed by atoms with van der Waals surface area (Å²) in [6.07, 6.45) is 3.72. The number of nitrogens with one attached hydrogen (secondary N) is 1. The molecule has 0 bridgehead atoms. The Hall–Kier alpha value is -2.36. The Labute approximate surface area is 212 Å². The average Bonchev–Trinajstić information content (AvgIpc) is 2.83. The summed E-state index contributed by atoms with van der Waals surface area (Å²) in [5.74, 6) is 0.287. The number of benzene rings is 1. The lowest BCUT2D eigenvalue weighted by Gasteiger charge is -2.37. The number of nitrogen functional groups attached to an aromatic ring is 1. The van der Waals surface area contributed by atoms with Gasteiger partial charge in [0.05, 0.1) is 36.5 Å². The lowest BCUT2D eigenvalue weighted by atomic mass is 9.94. The number of esters is 1. The van der Waals surface area contributed by atoms with E-state index < -0.39 is 5.97 Å². The molecule has 0 saturated carbocycles. The lowest BCUT2D eigenvalue weighted by molar-refractivity contribution is -0.145. The first-order chi connectivity index (χ1) is 16.8. The third kappa shape index (κ3) is 8.08. The molecule has 3 N–H and O–H groups in total. The Morgan fingerprint density at radius 1 is 1.09 bits per heavy atom. The number of hydrogen-bond acceptors (Lipinski definition) is 8. The number of nitrogens with two attached hydrogens (primary N) is 1. The summed E-state index contributed by atoms with van der Waals surface area (Å²) in [6, 6.07) is 3.23. The molecule has 10 heteroatoms. The molecule has 2 aliphatic heterocycles. The van der Waals surface area contributed by atoms with E-state index >= 15 is 0 Å². The molecule has 0 spiro atoms. The van der Waals surface area contributed by atoms with Gasteiger partial charge in [-0.3, -0.25) is 19.3 Å². The van der Waals surface area contributed by atoms with Crippen LogP contribution in [0.5, 0.6) is 5.75 Å². The molecule has 0 aliphatic carbocycles. The molecule has 0 radical (unpaired) electrons. The van der Waals surface area contributed by atoms with Crippen molar-refractivity contribution in [3.63, 3.8) is 0 Å². The van der Waals surface area contributed by atoms with Crippen molar-refractivity contribution in [2.75, 3.05) is 58.7 Å². The first kappa shape index (κ1) is 27.2. The normalized spacial score (nSPS) is 18.3. The number of likely N-dealkylation sites (tertiary alicyclic amines) is 2. The van der Waals surface area contributed by atoms with Gasteiger partial charge in [-0.2, -0.15) is 0 Å². The predicted octanol–water partition coefficient (Wildman–Crippen LogP) is 2.36. The zero-order valence-corrected chi connectivity index (χ0v) is 21.4. The molecule has 35 heavy (non-hydrogen) atoms. The number of rotatable bonds is 10. The van der Waals surface area contributed by atoms with Crippen LogP contribution in [0.3, 0.4) is 0 Å². The Bertz CT molecular complexity index is 896. The highest BCUT2D eigenvalue weighted by atomic mass is 35.5. The van der Waals surface area contributed by atoms with Gasteiger partial charge in [-0.05, 0) is 57.7 Å². The number of nitrogens with zero attached hydrogens (tertiary/aromatic N) is 2. The Morgan fingerprint density at radius 3 is 2.37 bits per heavy atom. The van der Waals surface area contributed by atoms with E-state index in [1.54, 1.807) is 19.1 Å². The van der Waals surface area contributed by atoms with Crippen molar-refractivity contribution >= 4 is 34.9 Å². The second-order valence-corrected chi connectivity index (χ2v) is 9.77. The topological polar surface area (TPSA) is 114 Å². The standard InChI is InChI=1S/C25H37ClN4O5/c1-3-35-24(32)12-19(31)16-30-8-4-17(5-9-30)15-29-10-6-18(7-11-29)28-25(33)20-13-21(26)22(27)14-23(20)34-2/h13-14,17-18H,3-12,15-16,27H2,1-2H3,(H,28,33). The summed E-state index contributed by atoms with van der Waals surface area (Å²) in [7, 11) is 1.50. The monoisotopic (exact) mass is 508 g/mol. The van der Waals surface area contributed by atoms with Gasteiger partial charge in [-0.15, -0.1) is 0 Å². The molecule has 0 unspecified atom stereocenters. The van der Waals surface area contributed by atoms with Gasteiger partial charge in [0.2, 0.25) is 0 Å². The molecule has 1 amide bonds. The van der Waals surface area contributed by atoms with E-state index in [2.05, 4.69) is 15.1 Å². The molecule has 2 aliphatic rings. The van der Waals surface area contributed by atoms with E-state index in [0.717, 1.165) is 58.4 Å². The largest absolute Gasteiger partial charge is 0.496 e. The summed E-state index contributed by atoms with van der Waals surface area (Å²) in [4.78, 5) is 40.9. The fourth-order valence-corrected chi connectivity index (χ4v) is 4.97. The second-order valence-electron chi connectivity index (χ2n) is 9.36. The summed E-state index contributed by atoms with van der Waals surface area (Å²) in [5.41, 5.74) is 6.58. The molecule has 0 aromatic heterocycles. The van der Waals surface area contributed by atoms with Gasteiger partial charge in [-0.25, -0.2) is 0 Å².